The second-order valence-electron chi connectivity index (χ2n) is 4.37. The van der Waals surface area contributed by atoms with Crippen molar-refractivity contribution in [2.75, 3.05) is 5.32 Å². The summed E-state index contributed by atoms with van der Waals surface area (Å²) in [4.78, 5) is 12.2. The highest BCUT2D eigenvalue weighted by atomic mass is 16.5. The molecule has 0 bridgehead atoms. The topological polar surface area (TPSA) is 76.7 Å². The molecule has 0 unspecified atom stereocenters. The SMILES string of the molecule is CC(C)(C)Nc1nc(-c2ncccn2)no1. The molecule has 0 aliphatic heterocycles. The lowest BCUT2D eigenvalue weighted by Crippen LogP contribution is -2.26. The normalized spacial score (nSPS) is 11.4. The quantitative estimate of drug-likeness (QED) is 0.828. The summed E-state index contributed by atoms with van der Waals surface area (Å²) < 4.78 is 5.04. The minimum atomic E-state index is -0.124. The van der Waals surface area contributed by atoms with Gasteiger partial charge in [0.1, 0.15) is 0 Å². The molecule has 16 heavy (non-hydrogen) atoms. The third-order valence-corrected chi connectivity index (χ3v) is 1.67. The first-order valence-electron chi connectivity index (χ1n) is 4.94. The highest BCUT2D eigenvalue weighted by molar-refractivity contribution is 5.43. The van der Waals surface area contributed by atoms with Crippen LogP contribution in [0.5, 0.6) is 0 Å². The van der Waals surface area contributed by atoms with Gasteiger partial charge >= 0.3 is 6.01 Å². The van der Waals surface area contributed by atoms with Gasteiger partial charge in [-0.3, -0.25) is 0 Å². The Morgan fingerprint density at radius 1 is 1.12 bits per heavy atom. The van der Waals surface area contributed by atoms with E-state index in [4.69, 9.17) is 4.52 Å². The Bertz CT molecular complexity index is 460. The van der Waals surface area contributed by atoms with E-state index in [2.05, 4.69) is 25.4 Å². The van der Waals surface area contributed by atoms with E-state index in [1.54, 1.807) is 18.5 Å². The highest BCUT2D eigenvalue weighted by Crippen LogP contribution is 2.15. The number of hydrogen-bond acceptors (Lipinski definition) is 6. The van der Waals surface area contributed by atoms with Crippen molar-refractivity contribution in [2.45, 2.75) is 26.3 Å². The fraction of sp³-hybridized carbons (Fsp3) is 0.400. The molecule has 0 aliphatic rings. The Balaban J connectivity index is 2.21. The average Bonchev–Trinajstić information content (AvgIpc) is 2.65. The first-order chi connectivity index (χ1) is 7.54. The van der Waals surface area contributed by atoms with Gasteiger partial charge in [-0.15, -0.1) is 0 Å². The molecule has 0 atom stereocenters. The minimum absolute atomic E-state index is 0.124. The number of nitrogens with one attached hydrogen (secondary N) is 1. The molecule has 0 aliphatic carbocycles. The van der Waals surface area contributed by atoms with Crippen LogP contribution >= 0.6 is 0 Å². The lowest BCUT2D eigenvalue weighted by atomic mass is 10.1. The maximum Gasteiger partial charge on any atom is 0.322 e. The number of anilines is 1. The van der Waals surface area contributed by atoms with Gasteiger partial charge in [0.25, 0.3) is 0 Å². The van der Waals surface area contributed by atoms with Crippen molar-refractivity contribution in [3.05, 3.63) is 18.5 Å². The van der Waals surface area contributed by atoms with Crippen molar-refractivity contribution in [3.63, 3.8) is 0 Å². The molecule has 0 saturated heterocycles. The molecule has 0 aromatic carbocycles. The van der Waals surface area contributed by atoms with Gasteiger partial charge in [0.05, 0.1) is 0 Å². The van der Waals surface area contributed by atoms with Gasteiger partial charge in [0.2, 0.25) is 11.6 Å². The maximum atomic E-state index is 5.04. The molecular weight excluding hydrogens is 206 g/mol. The Morgan fingerprint density at radius 2 is 1.81 bits per heavy atom. The summed E-state index contributed by atoms with van der Waals surface area (Å²) >= 11 is 0. The summed E-state index contributed by atoms with van der Waals surface area (Å²) in [6.07, 6.45) is 3.27. The van der Waals surface area contributed by atoms with Gasteiger partial charge in [0, 0.05) is 17.9 Å². The zero-order chi connectivity index (χ0) is 11.6. The summed E-state index contributed by atoms with van der Waals surface area (Å²) in [5.41, 5.74) is -0.124. The van der Waals surface area contributed by atoms with Crippen molar-refractivity contribution in [1.29, 1.82) is 0 Å². The van der Waals surface area contributed by atoms with E-state index in [1.807, 2.05) is 20.8 Å². The van der Waals surface area contributed by atoms with Crippen molar-refractivity contribution in [2.24, 2.45) is 0 Å². The van der Waals surface area contributed by atoms with Crippen LogP contribution in [0.25, 0.3) is 11.6 Å². The summed E-state index contributed by atoms with van der Waals surface area (Å²) in [5.74, 6) is 0.834. The van der Waals surface area contributed by atoms with Crippen LogP contribution in [0.15, 0.2) is 23.0 Å². The van der Waals surface area contributed by atoms with Crippen molar-refractivity contribution >= 4 is 6.01 Å². The molecule has 6 heteroatoms. The van der Waals surface area contributed by atoms with Crippen molar-refractivity contribution in [3.8, 4) is 11.6 Å². The first-order valence-corrected chi connectivity index (χ1v) is 4.94. The minimum Gasteiger partial charge on any atom is -0.333 e. The number of nitrogens with zero attached hydrogens (tertiary/aromatic N) is 4. The fourth-order valence-corrected chi connectivity index (χ4v) is 1.10. The third kappa shape index (κ3) is 2.53. The maximum absolute atomic E-state index is 5.04. The lowest BCUT2D eigenvalue weighted by molar-refractivity contribution is 0.420. The van der Waals surface area contributed by atoms with Crippen molar-refractivity contribution < 1.29 is 4.52 Å². The molecule has 0 radical (unpaired) electrons. The fourth-order valence-electron chi connectivity index (χ4n) is 1.10. The van der Waals surface area contributed by atoms with Gasteiger partial charge in [0.15, 0.2) is 0 Å². The molecule has 0 saturated carbocycles. The second-order valence-corrected chi connectivity index (χ2v) is 4.37. The molecule has 0 amide bonds. The zero-order valence-electron chi connectivity index (χ0n) is 9.43. The molecule has 0 spiro atoms. The average molecular weight is 219 g/mol. The number of aromatic nitrogens is 4. The summed E-state index contributed by atoms with van der Waals surface area (Å²) in [6, 6.07) is 2.10. The summed E-state index contributed by atoms with van der Waals surface area (Å²) in [6.45, 7) is 6.03. The monoisotopic (exact) mass is 219 g/mol. The van der Waals surface area contributed by atoms with Crippen LogP contribution in [-0.2, 0) is 0 Å². The number of rotatable bonds is 2. The van der Waals surface area contributed by atoms with Gasteiger partial charge in [-0.05, 0) is 26.8 Å². The van der Waals surface area contributed by atoms with E-state index < -0.39 is 0 Å². The summed E-state index contributed by atoms with van der Waals surface area (Å²) in [7, 11) is 0. The van der Waals surface area contributed by atoms with Crippen LogP contribution in [0.2, 0.25) is 0 Å². The predicted molar refractivity (Wildman–Crippen MR) is 58.7 cm³/mol. The Morgan fingerprint density at radius 3 is 2.44 bits per heavy atom. The van der Waals surface area contributed by atoms with E-state index in [9.17, 15) is 0 Å². The molecule has 2 aromatic heterocycles. The van der Waals surface area contributed by atoms with Crippen LogP contribution in [0, 0.1) is 0 Å². The van der Waals surface area contributed by atoms with E-state index >= 15 is 0 Å². The molecule has 1 N–H and O–H groups in total. The van der Waals surface area contributed by atoms with Gasteiger partial charge in [-0.2, -0.15) is 4.98 Å². The number of hydrogen-bond donors (Lipinski definition) is 1. The smallest absolute Gasteiger partial charge is 0.322 e. The highest BCUT2D eigenvalue weighted by Gasteiger charge is 2.15. The molecule has 84 valence electrons. The first kappa shape index (κ1) is 10.5. The van der Waals surface area contributed by atoms with Crippen LogP contribution < -0.4 is 5.32 Å². The molecule has 2 rings (SSSR count). The van der Waals surface area contributed by atoms with E-state index in [-0.39, 0.29) is 5.54 Å². The largest absolute Gasteiger partial charge is 0.333 e. The summed E-state index contributed by atoms with van der Waals surface area (Å²) in [5, 5.41) is 6.87. The van der Waals surface area contributed by atoms with Gasteiger partial charge in [-0.1, -0.05) is 5.16 Å². The van der Waals surface area contributed by atoms with Gasteiger partial charge < -0.3 is 9.84 Å². The Kier molecular flexibility index (Phi) is 2.55. The van der Waals surface area contributed by atoms with E-state index in [0.29, 0.717) is 17.7 Å². The van der Waals surface area contributed by atoms with Crippen LogP contribution in [-0.4, -0.2) is 25.6 Å². The second kappa shape index (κ2) is 3.88. The van der Waals surface area contributed by atoms with Crippen LogP contribution in [0.1, 0.15) is 20.8 Å². The van der Waals surface area contributed by atoms with Crippen LogP contribution in [0.3, 0.4) is 0 Å². The van der Waals surface area contributed by atoms with E-state index in [0.717, 1.165) is 0 Å². The van der Waals surface area contributed by atoms with Crippen molar-refractivity contribution in [1.82, 2.24) is 20.1 Å². The molecule has 2 heterocycles. The lowest BCUT2D eigenvalue weighted by Gasteiger charge is -2.17. The van der Waals surface area contributed by atoms with Gasteiger partial charge in [-0.25, -0.2) is 9.97 Å². The Labute approximate surface area is 93.1 Å². The van der Waals surface area contributed by atoms with Crippen LogP contribution in [0.4, 0.5) is 6.01 Å². The third-order valence-electron chi connectivity index (χ3n) is 1.67. The predicted octanol–water partition coefficient (Wildman–Crippen LogP) is 1.74. The standard InChI is InChI=1S/C10H13N5O/c1-10(2,3)14-9-13-8(15-16-9)7-11-5-4-6-12-7/h4-6H,1-3H3,(H,13,14,15). The molecule has 6 nitrogen and oxygen atoms in total. The van der Waals surface area contributed by atoms with E-state index in [1.165, 1.54) is 0 Å². The molecule has 2 aromatic rings. The zero-order valence-corrected chi connectivity index (χ0v) is 9.43. The molecular formula is C10H13N5O. The molecule has 0 fully saturated rings. The Hall–Kier alpha value is -1.98.